The summed E-state index contributed by atoms with van der Waals surface area (Å²) >= 11 is 6.46. The van der Waals surface area contributed by atoms with Crippen LogP contribution in [0.2, 0.25) is 5.02 Å². The molecule has 0 aliphatic rings. The SMILES string of the molecule is COc1cccc(-c2nc3ncc(-c4cc(Cl)cc(CNC(C)(C)C)c4)cc3c(=O)n2CC(=O)NC(C)C)c1. The van der Waals surface area contributed by atoms with Crippen molar-refractivity contribution in [1.82, 2.24) is 25.2 Å². The number of carbonyl (C=O) groups is 1. The highest BCUT2D eigenvalue weighted by molar-refractivity contribution is 6.31. The van der Waals surface area contributed by atoms with Gasteiger partial charge in [-0.1, -0.05) is 23.7 Å². The Bertz CT molecular complexity index is 1570. The lowest BCUT2D eigenvalue weighted by Crippen LogP contribution is -2.37. The van der Waals surface area contributed by atoms with E-state index in [1.54, 1.807) is 31.5 Å². The van der Waals surface area contributed by atoms with Crippen molar-refractivity contribution in [1.29, 1.82) is 0 Å². The van der Waals surface area contributed by atoms with Crippen molar-refractivity contribution < 1.29 is 9.53 Å². The highest BCUT2D eigenvalue weighted by Crippen LogP contribution is 2.28. The second-order valence-electron chi connectivity index (χ2n) is 10.8. The Balaban J connectivity index is 1.84. The Hall–Kier alpha value is -3.75. The number of rotatable bonds is 8. The summed E-state index contributed by atoms with van der Waals surface area (Å²) in [4.78, 5) is 35.9. The monoisotopic (exact) mass is 547 g/mol. The van der Waals surface area contributed by atoms with E-state index in [1.165, 1.54) is 4.57 Å². The molecule has 0 aliphatic carbocycles. The topological polar surface area (TPSA) is 98.1 Å². The van der Waals surface area contributed by atoms with Crippen LogP contribution in [-0.4, -0.2) is 39.1 Å². The van der Waals surface area contributed by atoms with Gasteiger partial charge >= 0.3 is 0 Å². The molecule has 0 spiro atoms. The van der Waals surface area contributed by atoms with Crippen molar-refractivity contribution in [2.24, 2.45) is 0 Å². The highest BCUT2D eigenvalue weighted by Gasteiger charge is 2.18. The van der Waals surface area contributed by atoms with Crippen molar-refractivity contribution in [3.8, 4) is 28.3 Å². The minimum absolute atomic E-state index is 0.0495. The van der Waals surface area contributed by atoms with Crippen molar-refractivity contribution in [2.75, 3.05) is 7.11 Å². The number of ether oxygens (including phenoxy) is 1. The van der Waals surface area contributed by atoms with Gasteiger partial charge in [0.05, 0.1) is 12.5 Å². The average molecular weight is 548 g/mol. The summed E-state index contributed by atoms with van der Waals surface area (Å²) < 4.78 is 6.75. The van der Waals surface area contributed by atoms with Crippen LogP contribution in [0.3, 0.4) is 0 Å². The van der Waals surface area contributed by atoms with Crippen LogP contribution in [-0.2, 0) is 17.9 Å². The molecule has 39 heavy (non-hydrogen) atoms. The first-order valence-corrected chi connectivity index (χ1v) is 13.2. The molecule has 2 aromatic carbocycles. The standard InChI is InChI=1S/C30H34ClN5O3/c1-18(2)34-26(37)17-36-28(20-8-7-9-24(13-20)39-6)35-27-25(29(36)38)14-22(16-32-27)21-10-19(11-23(31)12-21)15-33-30(3,4)5/h7-14,16,18,33H,15,17H2,1-6H3,(H,34,37). The number of pyridine rings is 1. The van der Waals surface area contributed by atoms with Gasteiger partial charge in [0.1, 0.15) is 18.1 Å². The normalized spacial score (nSPS) is 11.7. The van der Waals surface area contributed by atoms with Crippen LogP contribution < -0.4 is 20.9 Å². The van der Waals surface area contributed by atoms with E-state index in [9.17, 15) is 9.59 Å². The second kappa shape index (κ2) is 11.6. The van der Waals surface area contributed by atoms with Crippen LogP contribution in [0.15, 0.2) is 59.5 Å². The number of hydrogen-bond donors (Lipinski definition) is 2. The molecule has 0 bridgehead atoms. The van der Waals surface area contributed by atoms with Gasteiger partial charge in [-0.3, -0.25) is 14.2 Å². The lowest BCUT2D eigenvalue weighted by molar-refractivity contribution is -0.122. The van der Waals surface area contributed by atoms with Gasteiger partial charge in [-0.25, -0.2) is 9.97 Å². The van der Waals surface area contributed by atoms with Crippen LogP contribution in [0.25, 0.3) is 33.5 Å². The van der Waals surface area contributed by atoms with Gasteiger partial charge in [-0.05, 0) is 82.1 Å². The quantitative estimate of drug-likeness (QED) is 0.314. The van der Waals surface area contributed by atoms with Gasteiger partial charge in [0, 0.05) is 40.5 Å². The predicted octanol–water partition coefficient (Wildman–Crippen LogP) is 5.20. The van der Waals surface area contributed by atoms with Crippen LogP contribution >= 0.6 is 11.6 Å². The third-order valence-electron chi connectivity index (χ3n) is 6.00. The summed E-state index contributed by atoms with van der Waals surface area (Å²) in [7, 11) is 1.57. The zero-order chi connectivity index (χ0) is 28.3. The van der Waals surface area contributed by atoms with Crippen LogP contribution in [0, 0.1) is 0 Å². The summed E-state index contributed by atoms with van der Waals surface area (Å²) in [6.07, 6.45) is 1.69. The largest absolute Gasteiger partial charge is 0.497 e. The smallest absolute Gasteiger partial charge is 0.263 e. The number of halogens is 1. The summed E-state index contributed by atoms with van der Waals surface area (Å²) in [5.41, 5.74) is 3.10. The van der Waals surface area contributed by atoms with Gasteiger partial charge in [0.2, 0.25) is 5.91 Å². The lowest BCUT2D eigenvalue weighted by atomic mass is 10.0. The molecule has 0 aliphatic heterocycles. The number of methoxy groups -OCH3 is 1. The first-order valence-electron chi connectivity index (χ1n) is 12.8. The molecule has 0 fully saturated rings. The zero-order valence-electron chi connectivity index (χ0n) is 23.1. The Labute approximate surface area is 233 Å². The van der Waals surface area contributed by atoms with E-state index < -0.39 is 0 Å². The van der Waals surface area contributed by atoms with Crippen molar-refractivity contribution in [2.45, 2.75) is 59.3 Å². The van der Waals surface area contributed by atoms with Crippen LogP contribution in [0.5, 0.6) is 5.75 Å². The Morgan fingerprint density at radius 1 is 1.08 bits per heavy atom. The summed E-state index contributed by atoms with van der Waals surface area (Å²) in [5.74, 6) is 0.664. The third kappa shape index (κ3) is 7.02. The van der Waals surface area contributed by atoms with E-state index in [0.29, 0.717) is 39.7 Å². The molecule has 8 nitrogen and oxygen atoms in total. The van der Waals surface area contributed by atoms with Crippen LogP contribution in [0.1, 0.15) is 40.2 Å². The molecule has 2 heterocycles. The second-order valence-corrected chi connectivity index (χ2v) is 11.3. The number of aromatic nitrogens is 3. The number of nitrogens with zero attached hydrogens (tertiary/aromatic N) is 3. The molecule has 1 amide bonds. The van der Waals surface area contributed by atoms with E-state index in [2.05, 4.69) is 36.4 Å². The van der Waals surface area contributed by atoms with E-state index in [1.807, 2.05) is 44.2 Å². The summed E-state index contributed by atoms with van der Waals surface area (Å²) in [6, 6.07) is 14.7. The van der Waals surface area contributed by atoms with Crippen molar-refractivity contribution >= 4 is 28.5 Å². The summed E-state index contributed by atoms with van der Waals surface area (Å²) in [6.45, 7) is 10.5. The van der Waals surface area contributed by atoms with Crippen LogP contribution in [0.4, 0.5) is 0 Å². The number of amides is 1. The average Bonchev–Trinajstić information content (AvgIpc) is 2.87. The van der Waals surface area contributed by atoms with Gasteiger partial charge in [0.25, 0.3) is 5.56 Å². The van der Waals surface area contributed by atoms with Crippen molar-refractivity contribution in [3.63, 3.8) is 0 Å². The maximum absolute atomic E-state index is 13.9. The molecule has 0 atom stereocenters. The zero-order valence-corrected chi connectivity index (χ0v) is 23.9. The molecule has 204 valence electrons. The minimum atomic E-state index is -0.359. The fourth-order valence-electron chi connectivity index (χ4n) is 4.19. The fourth-order valence-corrected chi connectivity index (χ4v) is 4.45. The van der Waals surface area contributed by atoms with E-state index >= 15 is 0 Å². The van der Waals surface area contributed by atoms with Gasteiger partial charge < -0.3 is 15.4 Å². The maximum atomic E-state index is 13.9. The predicted molar refractivity (Wildman–Crippen MR) is 156 cm³/mol. The number of carbonyl (C=O) groups excluding carboxylic acids is 1. The highest BCUT2D eigenvalue weighted by atomic mass is 35.5. The molecular weight excluding hydrogens is 514 g/mol. The number of hydrogen-bond acceptors (Lipinski definition) is 6. The third-order valence-corrected chi connectivity index (χ3v) is 6.22. The van der Waals surface area contributed by atoms with E-state index in [0.717, 1.165) is 16.7 Å². The molecule has 0 saturated carbocycles. The first kappa shape index (κ1) is 28.3. The fraction of sp³-hybridized carbons (Fsp3) is 0.333. The van der Waals surface area contributed by atoms with Gasteiger partial charge in [0.15, 0.2) is 5.65 Å². The Kier molecular flexibility index (Phi) is 8.37. The molecular formula is C30H34ClN5O3. The number of benzene rings is 2. The Morgan fingerprint density at radius 2 is 1.85 bits per heavy atom. The van der Waals surface area contributed by atoms with Gasteiger partial charge in [-0.2, -0.15) is 0 Å². The maximum Gasteiger partial charge on any atom is 0.263 e. The molecule has 2 N–H and O–H groups in total. The molecule has 4 rings (SSSR count). The summed E-state index contributed by atoms with van der Waals surface area (Å²) in [5, 5.41) is 7.22. The number of fused-ring (bicyclic) bond motifs is 1. The van der Waals surface area contributed by atoms with E-state index in [-0.39, 0.29) is 29.6 Å². The molecule has 2 aromatic heterocycles. The Morgan fingerprint density at radius 3 is 2.54 bits per heavy atom. The molecule has 0 saturated heterocycles. The molecule has 0 unspecified atom stereocenters. The minimum Gasteiger partial charge on any atom is -0.497 e. The molecule has 4 aromatic rings. The molecule has 9 heteroatoms. The number of nitrogens with one attached hydrogen (secondary N) is 2. The lowest BCUT2D eigenvalue weighted by Gasteiger charge is -2.21. The van der Waals surface area contributed by atoms with Crippen molar-refractivity contribution in [3.05, 3.63) is 75.7 Å². The first-order chi connectivity index (χ1) is 18.4. The molecule has 0 radical (unpaired) electrons. The van der Waals surface area contributed by atoms with E-state index in [4.69, 9.17) is 21.3 Å². The van der Waals surface area contributed by atoms with Gasteiger partial charge in [-0.15, -0.1) is 0 Å².